The van der Waals surface area contributed by atoms with E-state index in [0.717, 1.165) is 57.8 Å². The number of ether oxygens (including phenoxy) is 1. The van der Waals surface area contributed by atoms with Crippen molar-refractivity contribution in [3.63, 3.8) is 0 Å². The van der Waals surface area contributed by atoms with E-state index in [0.29, 0.717) is 6.04 Å². The summed E-state index contributed by atoms with van der Waals surface area (Å²) in [5.41, 5.74) is 0. The standard InChI is InChI=1S/C19H37N5O/c1-3-7-22-8-4-17(5-9-22)15-21-19(20-2)24-10-6-18(16-24)23-11-13-25-14-12-23/h17-18H,3-16H2,1-2H3,(H,20,21). The zero-order valence-corrected chi connectivity index (χ0v) is 16.3. The number of guanidine groups is 1. The number of nitrogens with one attached hydrogen (secondary N) is 1. The average Bonchev–Trinajstić information content (AvgIpc) is 3.15. The van der Waals surface area contributed by atoms with Crippen molar-refractivity contribution in [2.45, 2.75) is 38.6 Å². The molecule has 1 unspecified atom stereocenters. The quantitative estimate of drug-likeness (QED) is 0.593. The molecular formula is C19H37N5O. The maximum Gasteiger partial charge on any atom is 0.193 e. The van der Waals surface area contributed by atoms with Gasteiger partial charge in [0.2, 0.25) is 0 Å². The molecule has 3 aliphatic heterocycles. The molecule has 1 N–H and O–H groups in total. The highest BCUT2D eigenvalue weighted by Crippen LogP contribution is 2.19. The fourth-order valence-corrected chi connectivity index (χ4v) is 4.47. The van der Waals surface area contributed by atoms with E-state index in [1.807, 2.05) is 7.05 Å². The third-order valence-corrected chi connectivity index (χ3v) is 6.03. The molecule has 0 amide bonds. The summed E-state index contributed by atoms with van der Waals surface area (Å²) in [7, 11) is 1.92. The van der Waals surface area contributed by atoms with Gasteiger partial charge in [-0.3, -0.25) is 9.89 Å². The minimum atomic E-state index is 0.666. The number of aliphatic imine (C=N–C) groups is 1. The van der Waals surface area contributed by atoms with Gasteiger partial charge in [-0.05, 0) is 51.2 Å². The summed E-state index contributed by atoms with van der Waals surface area (Å²) >= 11 is 0. The zero-order valence-electron chi connectivity index (χ0n) is 16.3. The van der Waals surface area contributed by atoms with E-state index in [-0.39, 0.29) is 0 Å². The molecule has 0 aromatic rings. The summed E-state index contributed by atoms with van der Waals surface area (Å²) in [5.74, 6) is 1.90. The molecule has 0 aromatic carbocycles. The largest absolute Gasteiger partial charge is 0.379 e. The van der Waals surface area contributed by atoms with Crippen LogP contribution in [0.2, 0.25) is 0 Å². The molecule has 0 aromatic heterocycles. The monoisotopic (exact) mass is 351 g/mol. The van der Waals surface area contributed by atoms with Crippen molar-refractivity contribution in [3.8, 4) is 0 Å². The summed E-state index contributed by atoms with van der Waals surface area (Å²) in [6.45, 7) is 13.3. The fraction of sp³-hybridized carbons (Fsp3) is 0.947. The van der Waals surface area contributed by atoms with E-state index in [2.05, 4.69) is 31.9 Å². The molecule has 0 aliphatic carbocycles. The first-order valence-electron chi connectivity index (χ1n) is 10.3. The lowest BCUT2D eigenvalue weighted by molar-refractivity contribution is 0.0194. The van der Waals surface area contributed by atoms with Crippen LogP contribution in [0, 0.1) is 5.92 Å². The van der Waals surface area contributed by atoms with Crippen LogP contribution in [0.1, 0.15) is 32.6 Å². The van der Waals surface area contributed by atoms with Crippen LogP contribution in [-0.2, 0) is 4.74 Å². The second-order valence-electron chi connectivity index (χ2n) is 7.75. The first kappa shape index (κ1) is 18.9. The Morgan fingerprint density at radius 1 is 1.08 bits per heavy atom. The summed E-state index contributed by atoms with van der Waals surface area (Å²) in [4.78, 5) is 12.2. The molecule has 6 heteroatoms. The smallest absolute Gasteiger partial charge is 0.193 e. The van der Waals surface area contributed by atoms with E-state index in [9.17, 15) is 0 Å². The second kappa shape index (κ2) is 9.74. The van der Waals surface area contributed by atoms with Crippen molar-refractivity contribution in [2.75, 3.05) is 72.6 Å². The number of rotatable bonds is 5. The van der Waals surface area contributed by atoms with Gasteiger partial charge in [0.1, 0.15) is 0 Å². The highest BCUT2D eigenvalue weighted by atomic mass is 16.5. The number of likely N-dealkylation sites (tertiary alicyclic amines) is 2. The van der Waals surface area contributed by atoms with Gasteiger partial charge in [0.15, 0.2) is 5.96 Å². The SMILES string of the molecule is CCCN1CCC(CNC(=NC)N2CCC(N3CCOCC3)C2)CC1. The summed E-state index contributed by atoms with van der Waals surface area (Å²) < 4.78 is 5.49. The van der Waals surface area contributed by atoms with E-state index < -0.39 is 0 Å². The molecule has 1 atom stereocenters. The maximum absolute atomic E-state index is 5.49. The van der Waals surface area contributed by atoms with Crippen LogP contribution in [-0.4, -0.2) is 99.3 Å². The Morgan fingerprint density at radius 3 is 2.52 bits per heavy atom. The molecule has 3 saturated heterocycles. The Labute approximate surface area is 153 Å². The number of nitrogens with zero attached hydrogens (tertiary/aromatic N) is 4. The lowest BCUT2D eigenvalue weighted by atomic mass is 9.97. The van der Waals surface area contributed by atoms with Gasteiger partial charge in [0.25, 0.3) is 0 Å². The lowest BCUT2D eigenvalue weighted by Gasteiger charge is -2.33. The first-order chi connectivity index (χ1) is 12.3. The van der Waals surface area contributed by atoms with Crippen molar-refractivity contribution in [2.24, 2.45) is 10.9 Å². The van der Waals surface area contributed by atoms with Crippen molar-refractivity contribution < 1.29 is 4.74 Å². The summed E-state index contributed by atoms with van der Waals surface area (Å²) in [5, 5.41) is 3.67. The Bertz CT molecular complexity index is 416. The molecular weight excluding hydrogens is 314 g/mol. The van der Waals surface area contributed by atoms with Crippen LogP contribution in [0.25, 0.3) is 0 Å². The van der Waals surface area contributed by atoms with Gasteiger partial charge in [-0.15, -0.1) is 0 Å². The number of morpholine rings is 1. The lowest BCUT2D eigenvalue weighted by Crippen LogP contribution is -2.47. The predicted molar refractivity (Wildman–Crippen MR) is 103 cm³/mol. The molecule has 0 saturated carbocycles. The minimum Gasteiger partial charge on any atom is -0.379 e. The maximum atomic E-state index is 5.49. The van der Waals surface area contributed by atoms with Gasteiger partial charge < -0.3 is 19.9 Å². The van der Waals surface area contributed by atoms with Crippen molar-refractivity contribution in [1.82, 2.24) is 20.0 Å². The van der Waals surface area contributed by atoms with Crippen LogP contribution in [0.3, 0.4) is 0 Å². The van der Waals surface area contributed by atoms with E-state index in [1.165, 1.54) is 45.3 Å². The Kier molecular flexibility index (Phi) is 7.37. The van der Waals surface area contributed by atoms with Crippen molar-refractivity contribution in [3.05, 3.63) is 0 Å². The zero-order chi connectivity index (χ0) is 17.5. The van der Waals surface area contributed by atoms with Crippen LogP contribution in [0.4, 0.5) is 0 Å². The summed E-state index contributed by atoms with van der Waals surface area (Å²) in [6.07, 6.45) is 5.16. The predicted octanol–water partition coefficient (Wildman–Crippen LogP) is 1.09. The molecule has 144 valence electrons. The van der Waals surface area contributed by atoms with Gasteiger partial charge in [-0.2, -0.15) is 0 Å². The molecule has 6 nitrogen and oxygen atoms in total. The molecule has 0 bridgehead atoms. The molecule has 25 heavy (non-hydrogen) atoms. The minimum absolute atomic E-state index is 0.666. The Balaban J connectivity index is 1.40. The third kappa shape index (κ3) is 5.31. The topological polar surface area (TPSA) is 43.3 Å². The van der Waals surface area contributed by atoms with Crippen LogP contribution >= 0.6 is 0 Å². The van der Waals surface area contributed by atoms with Crippen molar-refractivity contribution in [1.29, 1.82) is 0 Å². The molecule has 3 fully saturated rings. The van der Waals surface area contributed by atoms with Crippen molar-refractivity contribution >= 4 is 5.96 Å². The normalized spacial score (nSPS) is 27.8. The summed E-state index contributed by atoms with van der Waals surface area (Å²) in [6, 6.07) is 0.666. The van der Waals surface area contributed by atoms with Gasteiger partial charge in [-0.1, -0.05) is 6.92 Å². The Morgan fingerprint density at radius 2 is 1.84 bits per heavy atom. The van der Waals surface area contributed by atoms with Crippen LogP contribution in [0.5, 0.6) is 0 Å². The van der Waals surface area contributed by atoms with E-state index in [1.54, 1.807) is 0 Å². The number of hydrogen-bond donors (Lipinski definition) is 1. The first-order valence-corrected chi connectivity index (χ1v) is 10.3. The molecule has 3 rings (SSSR count). The second-order valence-corrected chi connectivity index (χ2v) is 7.75. The number of hydrogen-bond acceptors (Lipinski definition) is 4. The van der Waals surface area contributed by atoms with Gasteiger partial charge in [0, 0.05) is 45.8 Å². The molecule has 3 heterocycles. The highest BCUT2D eigenvalue weighted by molar-refractivity contribution is 5.80. The fourth-order valence-electron chi connectivity index (χ4n) is 4.47. The van der Waals surface area contributed by atoms with E-state index >= 15 is 0 Å². The third-order valence-electron chi connectivity index (χ3n) is 6.03. The molecule has 0 spiro atoms. The Hall–Kier alpha value is -0.850. The van der Waals surface area contributed by atoms with Gasteiger partial charge in [0.05, 0.1) is 13.2 Å². The van der Waals surface area contributed by atoms with Crippen LogP contribution in [0.15, 0.2) is 4.99 Å². The van der Waals surface area contributed by atoms with E-state index in [4.69, 9.17) is 4.74 Å². The van der Waals surface area contributed by atoms with Gasteiger partial charge >= 0.3 is 0 Å². The van der Waals surface area contributed by atoms with Gasteiger partial charge in [-0.25, -0.2) is 0 Å². The highest BCUT2D eigenvalue weighted by Gasteiger charge is 2.30. The van der Waals surface area contributed by atoms with Crippen LogP contribution < -0.4 is 5.32 Å². The number of piperidine rings is 1. The average molecular weight is 352 g/mol. The molecule has 3 aliphatic rings. The molecule has 0 radical (unpaired) electrons.